The van der Waals surface area contributed by atoms with Crippen molar-refractivity contribution < 1.29 is 17.9 Å². The molecule has 1 unspecified atom stereocenters. The summed E-state index contributed by atoms with van der Waals surface area (Å²) in [6.45, 7) is 3.67. The lowest BCUT2D eigenvalue weighted by Gasteiger charge is -2.25. The van der Waals surface area contributed by atoms with Gasteiger partial charge in [-0.25, -0.2) is 13.4 Å². The molecule has 1 atom stereocenters. The summed E-state index contributed by atoms with van der Waals surface area (Å²) >= 11 is 0. The number of nitrogens with zero attached hydrogens (tertiary/aromatic N) is 3. The molecule has 1 aromatic heterocycles. The van der Waals surface area contributed by atoms with Crippen molar-refractivity contribution in [3.8, 4) is 5.75 Å². The monoisotopic (exact) mass is 455 g/mol. The van der Waals surface area contributed by atoms with E-state index in [2.05, 4.69) is 4.98 Å². The summed E-state index contributed by atoms with van der Waals surface area (Å²) in [5, 5.41) is 0. The Kier molecular flexibility index (Phi) is 6.93. The van der Waals surface area contributed by atoms with Crippen LogP contribution in [0.3, 0.4) is 0 Å². The quantitative estimate of drug-likeness (QED) is 0.493. The number of hydrogen-bond acceptors (Lipinski definition) is 5. The summed E-state index contributed by atoms with van der Waals surface area (Å²) in [4.78, 5) is 4.76. The maximum absolute atomic E-state index is 13.5. The zero-order valence-corrected chi connectivity index (χ0v) is 19.3. The molecule has 1 aliphatic heterocycles. The highest BCUT2D eigenvalue weighted by atomic mass is 32.2. The maximum atomic E-state index is 13.5. The van der Waals surface area contributed by atoms with Crippen molar-refractivity contribution in [3.05, 3.63) is 77.9 Å². The van der Waals surface area contributed by atoms with E-state index in [0.717, 1.165) is 29.7 Å². The molecule has 2 heterocycles. The molecule has 0 bridgehead atoms. The fraction of sp³-hybridized carbons (Fsp3) is 0.375. The number of aryl methyl sites for hydroxylation is 1. The lowest BCUT2D eigenvalue weighted by molar-refractivity contribution is 0.0920. The van der Waals surface area contributed by atoms with Gasteiger partial charge < -0.3 is 14.0 Å². The lowest BCUT2D eigenvalue weighted by atomic mass is 10.2. The first-order valence-electron chi connectivity index (χ1n) is 10.8. The Hall–Kier alpha value is -2.68. The van der Waals surface area contributed by atoms with Crippen LogP contribution in [0.25, 0.3) is 0 Å². The van der Waals surface area contributed by atoms with Crippen LogP contribution < -0.4 is 4.74 Å². The average molecular weight is 456 g/mol. The summed E-state index contributed by atoms with van der Waals surface area (Å²) in [5.74, 6) is 1.47. The Bertz CT molecular complexity index is 1140. The van der Waals surface area contributed by atoms with Crippen LogP contribution in [0.5, 0.6) is 5.75 Å². The molecule has 2 aromatic carbocycles. The summed E-state index contributed by atoms with van der Waals surface area (Å²) in [6, 6.07) is 14.8. The number of methoxy groups -OCH3 is 1. The second kappa shape index (κ2) is 9.85. The highest BCUT2D eigenvalue weighted by Gasteiger charge is 2.30. The van der Waals surface area contributed by atoms with E-state index in [1.54, 1.807) is 25.4 Å². The fourth-order valence-electron chi connectivity index (χ4n) is 3.88. The normalized spacial score (nSPS) is 16.5. The number of hydrogen-bond donors (Lipinski definition) is 0. The Morgan fingerprint density at radius 1 is 1.22 bits per heavy atom. The molecule has 0 radical (unpaired) electrons. The van der Waals surface area contributed by atoms with E-state index in [1.165, 1.54) is 4.31 Å². The number of ether oxygens (including phenoxy) is 2. The lowest BCUT2D eigenvalue weighted by Crippen LogP contribution is -2.37. The van der Waals surface area contributed by atoms with Gasteiger partial charge in [0.1, 0.15) is 11.6 Å². The highest BCUT2D eigenvalue weighted by molar-refractivity contribution is 7.89. The van der Waals surface area contributed by atoms with Crippen molar-refractivity contribution >= 4 is 10.0 Å². The number of sulfonamides is 1. The summed E-state index contributed by atoms with van der Waals surface area (Å²) in [6.07, 6.45) is 5.29. The van der Waals surface area contributed by atoms with E-state index in [1.807, 2.05) is 54.1 Å². The Morgan fingerprint density at radius 2 is 2.03 bits per heavy atom. The van der Waals surface area contributed by atoms with Crippen molar-refractivity contribution in [1.29, 1.82) is 0 Å². The second-order valence-electron chi connectivity index (χ2n) is 8.07. The van der Waals surface area contributed by atoms with Gasteiger partial charge in [-0.05, 0) is 49.6 Å². The number of imidazole rings is 1. The minimum absolute atomic E-state index is 0.1000. The maximum Gasteiger partial charge on any atom is 0.243 e. The third-order valence-electron chi connectivity index (χ3n) is 5.70. The van der Waals surface area contributed by atoms with Crippen LogP contribution in [0, 0.1) is 6.92 Å². The zero-order valence-electron chi connectivity index (χ0n) is 18.5. The molecule has 0 spiro atoms. The second-order valence-corrected chi connectivity index (χ2v) is 10.0. The minimum Gasteiger partial charge on any atom is -0.497 e. The van der Waals surface area contributed by atoms with E-state index in [-0.39, 0.29) is 17.5 Å². The van der Waals surface area contributed by atoms with Crippen molar-refractivity contribution in [1.82, 2.24) is 13.9 Å². The van der Waals surface area contributed by atoms with Crippen LogP contribution in [-0.4, -0.2) is 48.6 Å². The van der Waals surface area contributed by atoms with E-state index in [0.29, 0.717) is 25.5 Å². The van der Waals surface area contributed by atoms with Crippen LogP contribution >= 0.6 is 0 Å². The van der Waals surface area contributed by atoms with E-state index in [9.17, 15) is 8.42 Å². The topological polar surface area (TPSA) is 73.7 Å². The Labute approximate surface area is 189 Å². The molecular formula is C24H29N3O4S. The Morgan fingerprint density at radius 3 is 2.75 bits per heavy atom. The molecule has 1 fully saturated rings. The summed E-state index contributed by atoms with van der Waals surface area (Å²) in [5.41, 5.74) is 2.07. The number of benzene rings is 2. The van der Waals surface area contributed by atoms with E-state index < -0.39 is 10.0 Å². The van der Waals surface area contributed by atoms with Crippen molar-refractivity contribution in [2.24, 2.45) is 0 Å². The molecule has 0 saturated carbocycles. The fourth-order valence-corrected chi connectivity index (χ4v) is 5.31. The first kappa shape index (κ1) is 22.5. The van der Waals surface area contributed by atoms with Gasteiger partial charge in [-0.2, -0.15) is 4.31 Å². The highest BCUT2D eigenvalue weighted by Crippen LogP contribution is 2.23. The third-order valence-corrected chi connectivity index (χ3v) is 7.52. The molecule has 3 aromatic rings. The molecule has 0 N–H and O–H groups in total. The zero-order chi connectivity index (χ0) is 22.6. The van der Waals surface area contributed by atoms with Gasteiger partial charge >= 0.3 is 0 Å². The molecule has 4 rings (SSSR count). The van der Waals surface area contributed by atoms with Gasteiger partial charge in [0.25, 0.3) is 0 Å². The van der Waals surface area contributed by atoms with Crippen LogP contribution in [0.15, 0.2) is 65.8 Å². The third kappa shape index (κ3) is 5.20. The Balaban J connectivity index is 1.60. The van der Waals surface area contributed by atoms with Gasteiger partial charge in [-0.1, -0.05) is 29.8 Å². The summed E-state index contributed by atoms with van der Waals surface area (Å²) < 4.78 is 41.6. The smallest absolute Gasteiger partial charge is 0.243 e. The largest absolute Gasteiger partial charge is 0.497 e. The molecule has 170 valence electrons. The molecule has 1 saturated heterocycles. The molecule has 0 aliphatic carbocycles. The standard InChI is InChI=1S/C24H29N3O4S/c1-19-8-10-23(11-9-19)32(28,29)27(17-22-7-4-14-31-22)18-24-25-12-13-26(24)16-20-5-3-6-21(15-20)30-2/h3,5-6,8-13,15,22H,4,7,14,16-18H2,1-2H3. The first-order chi connectivity index (χ1) is 15.5. The van der Waals surface area contributed by atoms with Gasteiger partial charge in [0.15, 0.2) is 0 Å². The molecule has 1 aliphatic rings. The molecular weight excluding hydrogens is 426 g/mol. The molecule has 0 amide bonds. The molecule has 32 heavy (non-hydrogen) atoms. The summed E-state index contributed by atoms with van der Waals surface area (Å²) in [7, 11) is -2.06. The number of rotatable bonds is 9. The van der Waals surface area contributed by atoms with Crippen LogP contribution in [0.4, 0.5) is 0 Å². The van der Waals surface area contributed by atoms with Crippen LogP contribution in [0.2, 0.25) is 0 Å². The predicted molar refractivity (Wildman–Crippen MR) is 122 cm³/mol. The predicted octanol–water partition coefficient (Wildman–Crippen LogP) is 3.62. The first-order valence-corrected chi connectivity index (χ1v) is 12.2. The van der Waals surface area contributed by atoms with Crippen molar-refractivity contribution in [2.75, 3.05) is 20.3 Å². The van der Waals surface area contributed by atoms with Gasteiger partial charge in [0, 0.05) is 32.1 Å². The average Bonchev–Trinajstić information content (AvgIpc) is 3.46. The van der Waals surface area contributed by atoms with E-state index in [4.69, 9.17) is 9.47 Å². The van der Waals surface area contributed by atoms with Gasteiger partial charge in [-0.3, -0.25) is 0 Å². The van der Waals surface area contributed by atoms with Gasteiger partial charge in [0.05, 0.1) is 24.7 Å². The van der Waals surface area contributed by atoms with Crippen molar-refractivity contribution in [2.45, 2.75) is 43.9 Å². The molecule has 7 nitrogen and oxygen atoms in total. The SMILES string of the molecule is COc1cccc(Cn2ccnc2CN(CC2CCCO2)S(=O)(=O)c2ccc(C)cc2)c1. The van der Waals surface area contributed by atoms with Gasteiger partial charge in [-0.15, -0.1) is 0 Å². The van der Waals surface area contributed by atoms with Crippen LogP contribution in [-0.2, 0) is 27.8 Å². The number of aromatic nitrogens is 2. The molecule has 8 heteroatoms. The minimum atomic E-state index is -3.70. The van der Waals surface area contributed by atoms with Gasteiger partial charge in [0.2, 0.25) is 10.0 Å². The van der Waals surface area contributed by atoms with Crippen LogP contribution in [0.1, 0.15) is 29.8 Å². The van der Waals surface area contributed by atoms with Crippen molar-refractivity contribution in [3.63, 3.8) is 0 Å². The van der Waals surface area contributed by atoms with E-state index >= 15 is 0 Å².